The first-order valence-electron chi connectivity index (χ1n) is 5.43. The second-order valence-electron chi connectivity index (χ2n) is 3.58. The van der Waals surface area contributed by atoms with Gasteiger partial charge in [0.1, 0.15) is 0 Å². The Kier molecular flexibility index (Phi) is 3.93. The van der Waals surface area contributed by atoms with E-state index >= 15 is 0 Å². The van der Waals surface area contributed by atoms with Crippen molar-refractivity contribution in [3.8, 4) is 5.69 Å². The minimum absolute atomic E-state index is 0.0621. The van der Waals surface area contributed by atoms with Gasteiger partial charge in [0.2, 0.25) is 5.16 Å². The molecule has 18 heavy (non-hydrogen) atoms. The van der Waals surface area contributed by atoms with Crippen molar-refractivity contribution in [2.75, 3.05) is 5.75 Å². The van der Waals surface area contributed by atoms with Crippen LogP contribution in [-0.4, -0.2) is 37.0 Å². The van der Waals surface area contributed by atoms with E-state index in [1.807, 2.05) is 24.3 Å². The van der Waals surface area contributed by atoms with Crippen LogP contribution in [0.15, 0.2) is 29.4 Å². The lowest BCUT2D eigenvalue weighted by atomic mass is 10.1. The lowest BCUT2D eigenvalue weighted by Crippen LogP contribution is -2.03. The van der Waals surface area contributed by atoms with Crippen molar-refractivity contribution in [3.05, 3.63) is 29.8 Å². The third-order valence-corrected chi connectivity index (χ3v) is 3.26. The van der Waals surface area contributed by atoms with Crippen LogP contribution in [0.1, 0.15) is 12.5 Å². The molecule has 2 rings (SSSR count). The van der Waals surface area contributed by atoms with Gasteiger partial charge >= 0.3 is 5.97 Å². The van der Waals surface area contributed by atoms with E-state index in [0.29, 0.717) is 5.16 Å². The van der Waals surface area contributed by atoms with Crippen LogP contribution in [0.5, 0.6) is 0 Å². The summed E-state index contributed by atoms with van der Waals surface area (Å²) in [6.45, 7) is 2.08. The molecule has 1 aromatic heterocycles. The summed E-state index contributed by atoms with van der Waals surface area (Å²) >= 11 is 1.09. The molecular formula is C11H12N4O2S. The van der Waals surface area contributed by atoms with E-state index in [2.05, 4.69) is 22.4 Å². The lowest BCUT2D eigenvalue weighted by Gasteiger charge is -2.04. The van der Waals surface area contributed by atoms with Crippen molar-refractivity contribution in [1.29, 1.82) is 0 Å². The van der Waals surface area contributed by atoms with Gasteiger partial charge in [0.15, 0.2) is 0 Å². The number of aryl methyl sites for hydroxylation is 1. The van der Waals surface area contributed by atoms with Crippen LogP contribution in [0, 0.1) is 0 Å². The first kappa shape index (κ1) is 12.6. The summed E-state index contributed by atoms with van der Waals surface area (Å²) < 4.78 is 1.53. The molecule has 94 valence electrons. The van der Waals surface area contributed by atoms with Gasteiger partial charge in [0.25, 0.3) is 0 Å². The van der Waals surface area contributed by atoms with E-state index in [-0.39, 0.29) is 5.75 Å². The van der Waals surface area contributed by atoms with Crippen molar-refractivity contribution in [1.82, 2.24) is 20.2 Å². The van der Waals surface area contributed by atoms with Gasteiger partial charge in [0.05, 0.1) is 11.4 Å². The fourth-order valence-corrected chi connectivity index (χ4v) is 2.04. The molecule has 0 fully saturated rings. The molecule has 0 aliphatic heterocycles. The summed E-state index contributed by atoms with van der Waals surface area (Å²) in [4.78, 5) is 10.5. The predicted molar refractivity (Wildman–Crippen MR) is 66.9 cm³/mol. The third-order valence-electron chi connectivity index (χ3n) is 2.35. The third kappa shape index (κ3) is 2.86. The maximum absolute atomic E-state index is 10.5. The van der Waals surface area contributed by atoms with Crippen LogP contribution < -0.4 is 0 Å². The number of rotatable bonds is 5. The molecule has 0 bridgehead atoms. The summed E-state index contributed by atoms with van der Waals surface area (Å²) in [5, 5.41) is 20.4. The monoisotopic (exact) mass is 264 g/mol. The van der Waals surface area contributed by atoms with E-state index in [0.717, 1.165) is 23.9 Å². The Balaban J connectivity index is 2.21. The maximum Gasteiger partial charge on any atom is 0.313 e. The van der Waals surface area contributed by atoms with Crippen molar-refractivity contribution in [3.63, 3.8) is 0 Å². The smallest absolute Gasteiger partial charge is 0.313 e. The Morgan fingerprint density at radius 1 is 1.39 bits per heavy atom. The maximum atomic E-state index is 10.5. The topological polar surface area (TPSA) is 80.9 Å². The number of carboxylic acids is 1. The Morgan fingerprint density at radius 3 is 2.72 bits per heavy atom. The van der Waals surface area contributed by atoms with Crippen LogP contribution in [0.2, 0.25) is 0 Å². The van der Waals surface area contributed by atoms with E-state index in [9.17, 15) is 4.79 Å². The van der Waals surface area contributed by atoms with E-state index < -0.39 is 5.97 Å². The first-order valence-corrected chi connectivity index (χ1v) is 6.41. The molecule has 1 aromatic carbocycles. The SMILES string of the molecule is CCc1ccc(-n2nnnc2SCC(=O)O)cc1. The number of hydrogen-bond acceptors (Lipinski definition) is 5. The highest BCUT2D eigenvalue weighted by Crippen LogP contribution is 2.18. The number of aromatic nitrogens is 4. The highest BCUT2D eigenvalue weighted by atomic mass is 32.2. The average Bonchev–Trinajstić information content (AvgIpc) is 2.85. The number of thioether (sulfide) groups is 1. The second kappa shape index (κ2) is 5.63. The standard InChI is InChI=1S/C11H12N4O2S/c1-2-8-3-5-9(6-4-8)15-11(12-13-14-15)18-7-10(16)17/h3-6H,2,7H2,1H3,(H,16,17). The van der Waals surface area contributed by atoms with Gasteiger partial charge in [-0.1, -0.05) is 30.8 Å². The summed E-state index contributed by atoms with van der Waals surface area (Å²) in [7, 11) is 0. The number of carboxylic acid groups (broad SMARTS) is 1. The molecule has 0 aliphatic carbocycles. The zero-order valence-corrected chi connectivity index (χ0v) is 10.6. The van der Waals surface area contributed by atoms with Crippen LogP contribution in [0.3, 0.4) is 0 Å². The highest BCUT2D eigenvalue weighted by molar-refractivity contribution is 7.99. The number of carbonyl (C=O) groups is 1. The van der Waals surface area contributed by atoms with Gasteiger partial charge in [-0.3, -0.25) is 4.79 Å². The molecule has 6 nitrogen and oxygen atoms in total. The zero-order valence-electron chi connectivity index (χ0n) is 9.78. The molecule has 0 amide bonds. The Hall–Kier alpha value is -1.89. The van der Waals surface area contributed by atoms with E-state index in [4.69, 9.17) is 5.11 Å². The summed E-state index contributed by atoms with van der Waals surface area (Å²) in [6.07, 6.45) is 0.969. The van der Waals surface area contributed by atoms with Crippen molar-refractivity contribution in [2.45, 2.75) is 18.5 Å². The van der Waals surface area contributed by atoms with Gasteiger partial charge in [-0.2, -0.15) is 4.68 Å². The molecule has 0 unspecified atom stereocenters. The number of hydrogen-bond donors (Lipinski definition) is 1. The predicted octanol–water partition coefficient (Wildman–Crippen LogP) is 1.40. The zero-order chi connectivity index (χ0) is 13.0. The molecule has 0 atom stereocenters. The van der Waals surface area contributed by atoms with Crippen LogP contribution in [-0.2, 0) is 11.2 Å². The van der Waals surface area contributed by atoms with E-state index in [1.54, 1.807) is 0 Å². The van der Waals surface area contributed by atoms with Crippen molar-refractivity contribution in [2.24, 2.45) is 0 Å². The minimum atomic E-state index is -0.893. The largest absolute Gasteiger partial charge is 0.481 e. The quantitative estimate of drug-likeness (QED) is 0.822. The normalized spacial score (nSPS) is 10.5. The number of tetrazole rings is 1. The molecule has 0 aliphatic rings. The molecule has 7 heteroatoms. The van der Waals surface area contributed by atoms with Crippen molar-refractivity contribution >= 4 is 17.7 Å². The van der Waals surface area contributed by atoms with Gasteiger partial charge in [0, 0.05) is 0 Å². The summed E-state index contributed by atoms with van der Waals surface area (Å²) in [6, 6.07) is 7.84. The molecule has 0 radical (unpaired) electrons. The van der Waals surface area contributed by atoms with Crippen LogP contribution in [0.4, 0.5) is 0 Å². The summed E-state index contributed by atoms with van der Waals surface area (Å²) in [5.74, 6) is -0.955. The average molecular weight is 264 g/mol. The van der Waals surface area contributed by atoms with Gasteiger partial charge < -0.3 is 5.11 Å². The molecular weight excluding hydrogens is 252 g/mol. The fraction of sp³-hybridized carbons (Fsp3) is 0.273. The molecule has 0 saturated heterocycles. The number of aliphatic carboxylic acids is 1. The fourth-order valence-electron chi connectivity index (χ4n) is 1.43. The lowest BCUT2D eigenvalue weighted by molar-refractivity contribution is -0.133. The Labute approximate surface area is 108 Å². The molecule has 0 saturated carbocycles. The summed E-state index contributed by atoms with van der Waals surface area (Å²) in [5.41, 5.74) is 2.05. The first-order chi connectivity index (χ1) is 8.70. The van der Waals surface area contributed by atoms with E-state index in [1.165, 1.54) is 10.2 Å². The Morgan fingerprint density at radius 2 is 2.11 bits per heavy atom. The molecule has 1 N–H and O–H groups in total. The van der Waals surface area contributed by atoms with Gasteiger partial charge in [-0.05, 0) is 34.5 Å². The molecule has 0 spiro atoms. The molecule has 2 aromatic rings. The minimum Gasteiger partial charge on any atom is -0.481 e. The van der Waals surface area contributed by atoms with Gasteiger partial charge in [-0.15, -0.1) is 5.10 Å². The van der Waals surface area contributed by atoms with Crippen LogP contribution in [0.25, 0.3) is 5.69 Å². The van der Waals surface area contributed by atoms with Crippen molar-refractivity contribution < 1.29 is 9.90 Å². The number of benzene rings is 1. The number of nitrogens with zero attached hydrogens (tertiary/aromatic N) is 4. The van der Waals surface area contributed by atoms with Crippen LogP contribution >= 0.6 is 11.8 Å². The Bertz CT molecular complexity index is 538. The van der Waals surface area contributed by atoms with Gasteiger partial charge in [-0.25, -0.2) is 0 Å². The highest BCUT2D eigenvalue weighted by Gasteiger charge is 2.10. The second-order valence-corrected chi connectivity index (χ2v) is 4.52. The molecule has 1 heterocycles.